The van der Waals surface area contributed by atoms with Crippen molar-refractivity contribution in [2.45, 2.75) is 20.3 Å². The summed E-state index contributed by atoms with van der Waals surface area (Å²) in [6, 6.07) is 0. The van der Waals surface area contributed by atoms with Gasteiger partial charge in [-0.1, -0.05) is 13.8 Å². The Morgan fingerprint density at radius 1 is 1.25 bits per heavy atom. The quantitative estimate of drug-likeness (QED) is 0.588. The van der Waals surface area contributed by atoms with E-state index in [2.05, 4.69) is 13.8 Å². The summed E-state index contributed by atoms with van der Waals surface area (Å²) in [5, 5.41) is 0. The fourth-order valence-corrected chi connectivity index (χ4v) is 0.713. The Balaban J connectivity index is 3.19. The first-order valence-corrected chi connectivity index (χ1v) is 4.39. The zero-order chi connectivity index (χ0) is 9.45. The third-order valence-electron chi connectivity index (χ3n) is 1.68. The van der Waals surface area contributed by atoms with Gasteiger partial charge in [0.15, 0.2) is 0 Å². The molecule has 3 nitrogen and oxygen atoms in total. The van der Waals surface area contributed by atoms with Crippen LogP contribution >= 0.6 is 0 Å². The zero-order valence-corrected chi connectivity index (χ0v) is 8.43. The molecule has 0 aliphatic heterocycles. The van der Waals surface area contributed by atoms with Crippen molar-refractivity contribution in [3.05, 3.63) is 0 Å². The van der Waals surface area contributed by atoms with Crippen molar-refractivity contribution in [1.82, 2.24) is 0 Å². The molecule has 3 heteroatoms. The lowest BCUT2D eigenvalue weighted by Crippen LogP contribution is -2.29. The molecular formula is C9H21NO2. The molecule has 0 bridgehead atoms. The molecule has 0 aromatic rings. The van der Waals surface area contributed by atoms with Gasteiger partial charge in [-0.3, -0.25) is 0 Å². The Morgan fingerprint density at radius 2 is 1.92 bits per heavy atom. The van der Waals surface area contributed by atoms with Gasteiger partial charge in [-0.15, -0.1) is 0 Å². The van der Waals surface area contributed by atoms with Crippen LogP contribution in [0.3, 0.4) is 0 Å². The molecule has 0 heterocycles. The molecule has 74 valence electrons. The summed E-state index contributed by atoms with van der Waals surface area (Å²) in [5.41, 5.74) is 5.65. The molecule has 0 radical (unpaired) electrons. The van der Waals surface area contributed by atoms with Crippen molar-refractivity contribution >= 4 is 0 Å². The first kappa shape index (κ1) is 11.9. The minimum Gasteiger partial charge on any atom is -0.385 e. The molecule has 2 N–H and O–H groups in total. The van der Waals surface area contributed by atoms with E-state index in [1.165, 1.54) is 0 Å². The molecule has 0 fully saturated rings. The second-order valence-corrected chi connectivity index (χ2v) is 3.77. The van der Waals surface area contributed by atoms with E-state index in [9.17, 15) is 0 Å². The standard InChI is InChI=1S/C9H21NO2/c1-9(2,7-10)8-12-6-4-5-11-3/h4-8,10H2,1-3H3. The second-order valence-electron chi connectivity index (χ2n) is 3.77. The Labute approximate surface area is 75.2 Å². The number of methoxy groups -OCH3 is 1. The largest absolute Gasteiger partial charge is 0.385 e. The molecule has 0 aliphatic carbocycles. The third kappa shape index (κ3) is 6.58. The highest BCUT2D eigenvalue weighted by atomic mass is 16.5. The number of nitrogens with two attached hydrogens (primary N) is 1. The van der Waals surface area contributed by atoms with Crippen LogP contribution in [0.1, 0.15) is 20.3 Å². The van der Waals surface area contributed by atoms with E-state index in [1.807, 2.05) is 0 Å². The van der Waals surface area contributed by atoms with Gasteiger partial charge in [0.05, 0.1) is 6.61 Å². The molecule has 0 aromatic carbocycles. The Bertz CT molecular complexity index is 105. The topological polar surface area (TPSA) is 44.5 Å². The lowest BCUT2D eigenvalue weighted by Gasteiger charge is -2.21. The van der Waals surface area contributed by atoms with Crippen molar-refractivity contribution in [2.75, 3.05) is 33.5 Å². The SMILES string of the molecule is COCCCOCC(C)(C)CN. The average molecular weight is 175 g/mol. The molecule has 0 aliphatic rings. The Hall–Kier alpha value is -0.120. The molecular weight excluding hydrogens is 154 g/mol. The summed E-state index contributed by atoms with van der Waals surface area (Å²) in [6.07, 6.45) is 0.956. The van der Waals surface area contributed by atoms with E-state index in [0.29, 0.717) is 6.54 Å². The highest BCUT2D eigenvalue weighted by Crippen LogP contribution is 2.12. The van der Waals surface area contributed by atoms with E-state index in [-0.39, 0.29) is 5.41 Å². The fraction of sp³-hybridized carbons (Fsp3) is 1.00. The monoisotopic (exact) mass is 175 g/mol. The summed E-state index contributed by atoms with van der Waals surface area (Å²) in [7, 11) is 1.70. The second kappa shape index (κ2) is 6.40. The minimum absolute atomic E-state index is 0.104. The van der Waals surface area contributed by atoms with Crippen LogP contribution in [0.5, 0.6) is 0 Å². The number of rotatable bonds is 7. The van der Waals surface area contributed by atoms with Gasteiger partial charge in [0.2, 0.25) is 0 Å². The van der Waals surface area contributed by atoms with Crippen LogP contribution in [0.25, 0.3) is 0 Å². The molecule has 0 spiro atoms. The normalized spacial score (nSPS) is 12.0. The van der Waals surface area contributed by atoms with Gasteiger partial charge in [0.1, 0.15) is 0 Å². The first-order valence-electron chi connectivity index (χ1n) is 4.39. The van der Waals surface area contributed by atoms with Gasteiger partial charge in [0, 0.05) is 25.7 Å². The van der Waals surface area contributed by atoms with Crippen LogP contribution < -0.4 is 5.73 Å². The van der Waals surface area contributed by atoms with Crippen LogP contribution in [0.15, 0.2) is 0 Å². The predicted molar refractivity (Wildman–Crippen MR) is 50.1 cm³/mol. The molecule has 0 rings (SSSR count). The summed E-state index contributed by atoms with van der Waals surface area (Å²) in [5.74, 6) is 0. The summed E-state index contributed by atoms with van der Waals surface area (Å²) < 4.78 is 10.3. The van der Waals surface area contributed by atoms with E-state index >= 15 is 0 Å². The molecule has 12 heavy (non-hydrogen) atoms. The maximum Gasteiger partial charge on any atom is 0.0529 e. The lowest BCUT2D eigenvalue weighted by molar-refractivity contribution is 0.0525. The highest BCUT2D eigenvalue weighted by Gasteiger charge is 2.14. The number of hydrogen-bond acceptors (Lipinski definition) is 3. The van der Waals surface area contributed by atoms with Crippen LogP contribution in [0.2, 0.25) is 0 Å². The van der Waals surface area contributed by atoms with Crippen molar-refractivity contribution < 1.29 is 9.47 Å². The minimum atomic E-state index is 0.104. The third-order valence-corrected chi connectivity index (χ3v) is 1.68. The maximum absolute atomic E-state index is 5.54. The molecule has 0 saturated heterocycles. The molecule has 0 amide bonds. The molecule has 0 saturated carbocycles. The molecule has 0 aromatic heterocycles. The zero-order valence-electron chi connectivity index (χ0n) is 8.43. The summed E-state index contributed by atoms with van der Waals surface area (Å²) in [4.78, 5) is 0. The van der Waals surface area contributed by atoms with Crippen molar-refractivity contribution in [3.63, 3.8) is 0 Å². The van der Waals surface area contributed by atoms with Crippen LogP contribution in [-0.2, 0) is 9.47 Å². The van der Waals surface area contributed by atoms with E-state index in [4.69, 9.17) is 15.2 Å². The number of hydrogen-bond donors (Lipinski definition) is 1. The predicted octanol–water partition coefficient (Wildman–Crippen LogP) is 1.02. The first-order chi connectivity index (χ1) is 5.62. The average Bonchev–Trinajstić information content (AvgIpc) is 2.04. The van der Waals surface area contributed by atoms with Gasteiger partial charge in [0.25, 0.3) is 0 Å². The van der Waals surface area contributed by atoms with Crippen LogP contribution in [0.4, 0.5) is 0 Å². The van der Waals surface area contributed by atoms with Gasteiger partial charge in [-0.05, 0) is 13.0 Å². The van der Waals surface area contributed by atoms with Crippen molar-refractivity contribution in [2.24, 2.45) is 11.1 Å². The lowest BCUT2D eigenvalue weighted by atomic mass is 9.95. The van der Waals surface area contributed by atoms with Gasteiger partial charge in [-0.2, -0.15) is 0 Å². The van der Waals surface area contributed by atoms with Gasteiger partial charge in [-0.25, -0.2) is 0 Å². The summed E-state index contributed by atoms with van der Waals surface area (Å²) >= 11 is 0. The fourth-order valence-electron chi connectivity index (χ4n) is 0.713. The van der Waals surface area contributed by atoms with Crippen LogP contribution in [0, 0.1) is 5.41 Å². The Morgan fingerprint density at radius 3 is 2.42 bits per heavy atom. The molecule has 0 unspecified atom stereocenters. The van der Waals surface area contributed by atoms with E-state index < -0.39 is 0 Å². The van der Waals surface area contributed by atoms with E-state index in [1.54, 1.807) is 7.11 Å². The summed E-state index contributed by atoms with van der Waals surface area (Å²) in [6.45, 7) is 7.12. The smallest absolute Gasteiger partial charge is 0.0529 e. The number of ether oxygens (including phenoxy) is 2. The van der Waals surface area contributed by atoms with E-state index in [0.717, 1.165) is 26.2 Å². The van der Waals surface area contributed by atoms with Crippen molar-refractivity contribution in [3.8, 4) is 0 Å². The maximum atomic E-state index is 5.54. The molecule has 0 atom stereocenters. The van der Waals surface area contributed by atoms with Gasteiger partial charge < -0.3 is 15.2 Å². The highest BCUT2D eigenvalue weighted by molar-refractivity contribution is 4.67. The Kier molecular flexibility index (Phi) is 6.34. The van der Waals surface area contributed by atoms with Crippen LogP contribution in [-0.4, -0.2) is 33.5 Å². The van der Waals surface area contributed by atoms with Gasteiger partial charge >= 0.3 is 0 Å². The van der Waals surface area contributed by atoms with Crippen molar-refractivity contribution in [1.29, 1.82) is 0 Å².